The minimum atomic E-state index is -0.909. The van der Waals surface area contributed by atoms with Crippen LogP contribution >= 0.6 is 0 Å². The molecule has 1 unspecified atom stereocenters. The van der Waals surface area contributed by atoms with E-state index in [0.717, 1.165) is 18.9 Å². The molecule has 1 amide bonds. The second-order valence-electron chi connectivity index (χ2n) is 5.63. The van der Waals surface area contributed by atoms with Crippen LogP contribution in [0.2, 0.25) is 0 Å². The molecular formula is C17H16F2N2O2. The summed E-state index contributed by atoms with van der Waals surface area (Å²) in [5.41, 5.74) is 0.826. The van der Waals surface area contributed by atoms with Crippen LogP contribution < -0.4 is 0 Å². The maximum absolute atomic E-state index is 12.9. The highest BCUT2D eigenvalue weighted by Crippen LogP contribution is 2.30. The molecule has 1 fully saturated rings. The highest BCUT2D eigenvalue weighted by atomic mass is 19.1. The summed E-state index contributed by atoms with van der Waals surface area (Å²) in [7, 11) is 0. The number of aromatic nitrogens is 1. The summed E-state index contributed by atoms with van der Waals surface area (Å²) in [5, 5.41) is 10.3. The van der Waals surface area contributed by atoms with Crippen LogP contribution in [0, 0.1) is 11.8 Å². The summed E-state index contributed by atoms with van der Waals surface area (Å²) in [5.74, 6) is -1.32. The summed E-state index contributed by atoms with van der Waals surface area (Å²) >= 11 is 0. The van der Waals surface area contributed by atoms with Crippen LogP contribution in [-0.2, 0) is 0 Å². The Kier molecular flexibility index (Phi) is 4.34. The van der Waals surface area contributed by atoms with Crippen molar-refractivity contribution in [1.82, 2.24) is 9.88 Å². The molecule has 1 N–H and O–H groups in total. The first-order valence-electron chi connectivity index (χ1n) is 7.40. The van der Waals surface area contributed by atoms with Crippen molar-refractivity contribution < 1.29 is 18.7 Å². The van der Waals surface area contributed by atoms with E-state index in [4.69, 9.17) is 0 Å². The van der Waals surface area contributed by atoms with Gasteiger partial charge in [-0.05, 0) is 42.7 Å². The number of nitrogens with zero attached hydrogens (tertiary/aromatic N) is 2. The van der Waals surface area contributed by atoms with Gasteiger partial charge in [-0.15, -0.1) is 0 Å². The number of aliphatic hydroxyl groups is 1. The molecule has 0 spiro atoms. The Bertz CT molecular complexity index is 685. The number of aliphatic hydroxyl groups excluding tert-OH is 1. The van der Waals surface area contributed by atoms with Gasteiger partial charge in [0.15, 0.2) is 0 Å². The van der Waals surface area contributed by atoms with E-state index in [-0.39, 0.29) is 29.9 Å². The van der Waals surface area contributed by atoms with Crippen LogP contribution in [0.15, 0.2) is 42.6 Å². The molecule has 0 radical (unpaired) electrons. The zero-order chi connectivity index (χ0) is 16.4. The number of benzene rings is 1. The molecule has 1 aromatic heterocycles. The molecule has 1 atom stereocenters. The van der Waals surface area contributed by atoms with Gasteiger partial charge in [-0.2, -0.15) is 4.39 Å². The van der Waals surface area contributed by atoms with Crippen molar-refractivity contribution in [1.29, 1.82) is 0 Å². The summed E-state index contributed by atoms with van der Waals surface area (Å²) in [6.07, 6.45) is 2.03. The van der Waals surface area contributed by atoms with Crippen molar-refractivity contribution in [2.45, 2.75) is 25.0 Å². The standard InChI is InChI=1S/C17H16F2N2O2/c18-13-4-1-11(2-5-13)15(22)10-21(14-6-7-14)17(23)12-3-8-16(19)20-9-12/h1-5,8-9,14-15,22H,6-7,10H2. The van der Waals surface area contributed by atoms with Gasteiger partial charge in [0.2, 0.25) is 5.95 Å². The Balaban J connectivity index is 1.75. The first-order chi connectivity index (χ1) is 11.0. The molecular weight excluding hydrogens is 302 g/mol. The predicted molar refractivity (Wildman–Crippen MR) is 79.6 cm³/mol. The minimum Gasteiger partial charge on any atom is -0.387 e. The molecule has 1 aliphatic rings. The van der Waals surface area contributed by atoms with E-state index in [1.165, 1.54) is 36.5 Å². The molecule has 0 saturated heterocycles. The van der Waals surface area contributed by atoms with Gasteiger partial charge in [-0.1, -0.05) is 12.1 Å². The highest BCUT2D eigenvalue weighted by molar-refractivity contribution is 5.94. The van der Waals surface area contributed by atoms with Crippen molar-refractivity contribution in [2.24, 2.45) is 0 Å². The number of hydrogen-bond acceptors (Lipinski definition) is 3. The van der Waals surface area contributed by atoms with E-state index in [0.29, 0.717) is 5.56 Å². The van der Waals surface area contributed by atoms with E-state index in [1.54, 1.807) is 4.90 Å². The maximum atomic E-state index is 12.9. The molecule has 1 saturated carbocycles. The van der Waals surface area contributed by atoms with Gasteiger partial charge in [0.25, 0.3) is 5.91 Å². The van der Waals surface area contributed by atoms with Crippen molar-refractivity contribution in [3.8, 4) is 0 Å². The fraction of sp³-hybridized carbons (Fsp3) is 0.294. The number of carbonyl (C=O) groups is 1. The Labute approximate surface area is 132 Å². The van der Waals surface area contributed by atoms with Crippen molar-refractivity contribution in [2.75, 3.05) is 6.54 Å². The number of rotatable bonds is 5. The fourth-order valence-electron chi connectivity index (χ4n) is 2.43. The van der Waals surface area contributed by atoms with Crippen LogP contribution in [0.1, 0.15) is 34.9 Å². The molecule has 1 aromatic carbocycles. The number of carbonyl (C=O) groups excluding carboxylic acids is 1. The average molecular weight is 318 g/mol. The van der Waals surface area contributed by atoms with Crippen molar-refractivity contribution in [3.05, 3.63) is 65.5 Å². The van der Waals surface area contributed by atoms with Crippen molar-refractivity contribution in [3.63, 3.8) is 0 Å². The third kappa shape index (κ3) is 3.71. The molecule has 4 nitrogen and oxygen atoms in total. The van der Waals surface area contributed by atoms with Gasteiger partial charge in [-0.3, -0.25) is 4.79 Å². The first kappa shape index (κ1) is 15.6. The largest absolute Gasteiger partial charge is 0.387 e. The van der Waals surface area contributed by atoms with Gasteiger partial charge in [0.05, 0.1) is 18.2 Å². The molecule has 3 rings (SSSR count). The van der Waals surface area contributed by atoms with Gasteiger partial charge >= 0.3 is 0 Å². The number of hydrogen-bond donors (Lipinski definition) is 1. The average Bonchev–Trinajstić information content (AvgIpc) is 3.38. The fourth-order valence-corrected chi connectivity index (χ4v) is 2.43. The zero-order valence-electron chi connectivity index (χ0n) is 12.3. The molecule has 23 heavy (non-hydrogen) atoms. The zero-order valence-corrected chi connectivity index (χ0v) is 12.3. The summed E-state index contributed by atoms with van der Waals surface area (Å²) in [6.45, 7) is 0.104. The van der Waals surface area contributed by atoms with E-state index in [2.05, 4.69) is 4.98 Å². The van der Waals surface area contributed by atoms with E-state index < -0.39 is 12.1 Å². The number of pyridine rings is 1. The van der Waals surface area contributed by atoms with Crippen LogP contribution in [0.4, 0.5) is 8.78 Å². The topological polar surface area (TPSA) is 53.4 Å². The smallest absolute Gasteiger partial charge is 0.255 e. The molecule has 0 bridgehead atoms. The molecule has 1 aliphatic carbocycles. The quantitative estimate of drug-likeness (QED) is 0.863. The summed E-state index contributed by atoms with van der Waals surface area (Å²) in [6, 6.07) is 8.11. The van der Waals surface area contributed by atoms with Crippen molar-refractivity contribution >= 4 is 5.91 Å². The third-order valence-corrected chi connectivity index (χ3v) is 3.85. The Hall–Kier alpha value is -2.34. The van der Waals surface area contributed by atoms with Gasteiger partial charge in [0.1, 0.15) is 5.82 Å². The summed E-state index contributed by atoms with van der Waals surface area (Å²) in [4.78, 5) is 17.6. The third-order valence-electron chi connectivity index (χ3n) is 3.85. The van der Waals surface area contributed by atoms with E-state index in [9.17, 15) is 18.7 Å². The Morgan fingerprint density at radius 2 is 1.91 bits per heavy atom. The lowest BCUT2D eigenvalue weighted by Gasteiger charge is -2.25. The second-order valence-corrected chi connectivity index (χ2v) is 5.63. The van der Waals surface area contributed by atoms with E-state index in [1.807, 2.05) is 0 Å². The SMILES string of the molecule is O=C(c1ccc(F)nc1)N(CC(O)c1ccc(F)cc1)C1CC1. The lowest BCUT2D eigenvalue weighted by Crippen LogP contribution is -2.36. The normalized spacial score (nSPS) is 15.3. The Morgan fingerprint density at radius 3 is 2.48 bits per heavy atom. The minimum absolute atomic E-state index is 0.0719. The van der Waals surface area contributed by atoms with E-state index >= 15 is 0 Å². The summed E-state index contributed by atoms with van der Waals surface area (Å²) < 4.78 is 25.8. The van der Waals surface area contributed by atoms with Crippen LogP contribution in [0.25, 0.3) is 0 Å². The number of halogens is 2. The van der Waals surface area contributed by atoms with Crippen LogP contribution in [0.5, 0.6) is 0 Å². The lowest BCUT2D eigenvalue weighted by atomic mass is 10.1. The molecule has 1 heterocycles. The molecule has 120 valence electrons. The molecule has 2 aromatic rings. The second kappa shape index (κ2) is 6.42. The monoisotopic (exact) mass is 318 g/mol. The molecule has 6 heteroatoms. The maximum Gasteiger partial charge on any atom is 0.255 e. The first-order valence-corrected chi connectivity index (χ1v) is 7.40. The molecule has 0 aliphatic heterocycles. The van der Waals surface area contributed by atoms with Gasteiger partial charge in [-0.25, -0.2) is 9.37 Å². The Morgan fingerprint density at radius 1 is 1.22 bits per heavy atom. The number of amides is 1. The van der Waals surface area contributed by atoms with Gasteiger partial charge < -0.3 is 10.0 Å². The lowest BCUT2D eigenvalue weighted by molar-refractivity contribution is 0.0602. The van der Waals surface area contributed by atoms with Crippen LogP contribution in [0.3, 0.4) is 0 Å². The van der Waals surface area contributed by atoms with Crippen LogP contribution in [-0.4, -0.2) is 33.5 Å². The highest BCUT2D eigenvalue weighted by Gasteiger charge is 2.34. The predicted octanol–water partition coefficient (Wildman–Crippen LogP) is 2.70. The van der Waals surface area contributed by atoms with Gasteiger partial charge in [0, 0.05) is 12.2 Å².